The number of carbonyl (C=O) groups excluding carboxylic acids is 1. The number of aliphatic hydroxyl groups is 2. The number of hydrogen-bond donors (Lipinski definition) is 7. The maximum absolute atomic E-state index is 13.2. The fraction of sp³-hybridized carbons (Fsp3) is 0.500. The van der Waals surface area contributed by atoms with E-state index in [9.17, 15) is 24.9 Å². The average Bonchev–Trinajstić information content (AvgIpc) is 3.32. The summed E-state index contributed by atoms with van der Waals surface area (Å²) in [6, 6.07) is 1.09. The Kier molecular flexibility index (Phi) is 4.18. The molecule has 0 radical (unpaired) electrons. The highest BCUT2D eigenvalue weighted by Gasteiger charge is 2.74. The number of nitrogens with zero attached hydrogens (tertiary/aromatic N) is 3. The zero-order chi connectivity index (χ0) is 23.9. The van der Waals surface area contributed by atoms with Gasteiger partial charge < -0.3 is 47.1 Å². The van der Waals surface area contributed by atoms with Crippen molar-refractivity contribution in [2.24, 2.45) is 21.5 Å². The van der Waals surface area contributed by atoms with Gasteiger partial charge in [0.15, 0.2) is 23.6 Å². The summed E-state index contributed by atoms with van der Waals surface area (Å²) in [7, 11) is 0. The maximum atomic E-state index is 13.2. The largest absolute Gasteiger partial charge is 0.492 e. The van der Waals surface area contributed by atoms with Gasteiger partial charge in [0.2, 0.25) is 5.79 Å². The molecule has 0 aliphatic carbocycles. The van der Waals surface area contributed by atoms with E-state index in [-0.39, 0.29) is 29.4 Å². The standard InChI is InChI=1S/C20H25N7O6/c1-18(2)7-33-12-8(4-3-5-9(12)18)14(28)23-10-6-27-17(22)24-11(15(29)30)13-19(27,20(10,31)32)26-16(21)25-13/h3-5,10-11,13,31-32H,6-7H2,1-2H3,(H2,22,24)(H,23,28)(H,29,30)(H3,21,25,26)/t10?,11-,13?,19?/m1/s1. The molecule has 9 N–H and O–H groups in total. The number of guanidine groups is 2. The highest BCUT2D eigenvalue weighted by Crippen LogP contribution is 2.45. The Labute approximate surface area is 188 Å². The van der Waals surface area contributed by atoms with Crippen molar-refractivity contribution in [3.63, 3.8) is 0 Å². The zero-order valence-corrected chi connectivity index (χ0v) is 17.9. The van der Waals surface area contributed by atoms with E-state index in [0.29, 0.717) is 12.4 Å². The van der Waals surface area contributed by atoms with Gasteiger partial charge in [0.25, 0.3) is 5.91 Å². The van der Waals surface area contributed by atoms with Crippen LogP contribution in [-0.4, -0.2) is 86.7 Å². The van der Waals surface area contributed by atoms with E-state index in [4.69, 9.17) is 16.2 Å². The second-order valence-corrected chi connectivity index (χ2v) is 9.34. The lowest BCUT2D eigenvalue weighted by Crippen LogP contribution is -2.78. The summed E-state index contributed by atoms with van der Waals surface area (Å²) in [6.07, 6.45) is 0. The van der Waals surface area contributed by atoms with Crippen LogP contribution >= 0.6 is 0 Å². The molecule has 3 unspecified atom stereocenters. The van der Waals surface area contributed by atoms with Gasteiger partial charge in [0, 0.05) is 17.5 Å². The highest BCUT2D eigenvalue weighted by molar-refractivity contribution is 5.98. The molecule has 33 heavy (non-hydrogen) atoms. The molecule has 0 aromatic heterocycles. The van der Waals surface area contributed by atoms with Gasteiger partial charge in [-0.25, -0.2) is 14.8 Å². The van der Waals surface area contributed by atoms with Gasteiger partial charge in [-0.05, 0) is 6.07 Å². The monoisotopic (exact) mass is 459 g/mol. The van der Waals surface area contributed by atoms with Gasteiger partial charge in [-0.2, -0.15) is 0 Å². The lowest BCUT2D eigenvalue weighted by atomic mass is 9.85. The summed E-state index contributed by atoms with van der Waals surface area (Å²) < 4.78 is 5.77. The molecule has 13 heteroatoms. The SMILES string of the molecule is CC1(C)COc2c(C(=O)NC3CN4C(N)=N[C@@H](C(=O)O)C5N=C(N)NC54C3(O)O)cccc21. The van der Waals surface area contributed by atoms with E-state index >= 15 is 0 Å². The number of amides is 1. The molecule has 4 atom stereocenters. The minimum atomic E-state index is -2.72. The number of aliphatic carboxylic acids is 1. The Morgan fingerprint density at radius 2 is 2.00 bits per heavy atom. The molecule has 5 rings (SSSR count). The van der Waals surface area contributed by atoms with Crippen LogP contribution in [0, 0.1) is 0 Å². The van der Waals surface area contributed by atoms with Crippen molar-refractivity contribution in [3.05, 3.63) is 29.3 Å². The van der Waals surface area contributed by atoms with Crippen molar-refractivity contribution in [2.75, 3.05) is 13.2 Å². The van der Waals surface area contributed by atoms with Crippen molar-refractivity contribution in [2.45, 2.75) is 48.8 Å². The number of aliphatic imine (C=N–C) groups is 2. The van der Waals surface area contributed by atoms with Gasteiger partial charge in [0.1, 0.15) is 17.8 Å². The summed E-state index contributed by atoms with van der Waals surface area (Å²) >= 11 is 0. The molecule has 1 aromatic carbocycles. The summed E-state index contributed by atoms with van der Waals surface area (Å²) in [4.78, 5) is 34.3. The summed E-state index contributed by atoms with van der Waals surface area (Å²) in [5.41, 5.74) is 10.7. The topological polar surface area (TPSA) is 208 Å². The lowest BCUT2D eigenvalue weighted by molar-refractivity contribution is -0.230. The number of carboxylic acids is 1. The molecule has 0 saturated carbocycles. The molecule has 4 aliphatic heterocycles. The fourth-order valence-electron chi connectivity index (χ4n) is 5.16. The molecule has 1 amide bonds. The van der Waals surface area contributed by atoms with E-state index < -0.39 is 41.5 Å². The molecular weight excluding hydrogens is 434 g/mol. The van der Waals surface area contributed by atoms with Crippen molar-refractivity contribution >= 4 is 23.8 Å². The quantitative estimate of drug-likeness (QED) is 0.231. The number of carbonyl (C=O) groups is 2. The van der Waals surface area contributed by atoms with Crippen LogP contribution in [0.1, 0.15) is 29.8 Å². The summed E-state index contributed by atoms with van der Waals surface area (Å²) in [5, 5.41) is 37.5. The second-order valence-electron chi connectivity index (χ2n) is 9.34. The molecular formula is C20H25N7O6. The predicted molar refractivity (Wildman–Crippen MR) is 114 cm³/mol. The third kappa shape index (κ3) is 2.66. The molecule has 1 saturated heterocycles. The molecule has 0 bridgehead atoms. The highest BCUT2D eigenvalue weighted by atomic mass is 16.5. The molecule has 4 heterocycles. The fourth-order valence-corrected chi connectivity index (χ4v) is 5.16. The number of hydrogen-bond acceptors (Lipinski definition) is 11. The minimum absolute atomic E-state index is 0.186. The van der Waals surface area contributed by atoms with Crippen LogP contribution in [-0.2, 0) is 10.2 Å². The normalized spacial score (nSPS) is 32.5. The first kappa shape index (κ1) is 21.3. The second kappa shape index (κ2) is 6.48. The van der Waals surface area contributed by atoms with Crippen LogP contribution in [0.3, 0.4) is 0 Å². The van der Waals surface area contributed by atoms with Crippen molar-refractivity contribution < 1.29 is 29.6 Å². The van der Waals surface area contributed by atoms with Crippen LogP contribution < -0.4 is 26.8 Å². The first-order valence-electron chi connectivity index (χ1n) is 10.4. The molecule has 176 valence electrons. The number of nitrogens with one attached hydrogen (secondary N) is 2. The van der Waals surface area contributed by atoms with Crippen LogP contribution in [0.5, 0.6) is 5.75 Å². The van der Waals surface area contributed by atoms with Crippen molar-refractivity contribution in [3.8, 4) is 5.75 Å². The number of ether oxygens (including phenoxy) is 1. The lowest BCUT2D eigenvalue weighted by Gasteiger charge is -2.48. The molecule has 1 aromatic rings. The van der Waals surface area contributed by atoms with E-state index in [0.717, 1.165) is 5.56 Å². The van der Waals surface area contributed by atoms with Crippen LogP contribution in [0.2, 0.25) is 0 Å². The number of rotatable bonds is 3. The Hall–Kier alpha value is -3.58. The number of fused-ring (bicyclic) bond motifs is 1. The van der Waals surface area contributed by atoms with Gasteiger partial charge in [-0.3, -0.25) is 4.79 Å². The number of benzene rings is 1. The molecule has 13 nitrogen and oxygen atoms in total. The van der Waals surface area contributed by atoms with E-state index in [1.807, 2.05) is 19.9 Å². The minimum Gasteiger partial charge on any atom is -0.492 e. The van der Waals surface area contributed by atoms with E-state index in [1.165, 1.54) is 4.90 Å². The van der Waals surface area contributed by atoms with E-state index in [2.05, 4.69) is 20.6 Å². The Morgan fingerprint density at radius 1 is 1.27 bits per heavy atom. The molecule has 1 fully saturated rings. The third-order valence-electron chi connectivity index (χ3n) is 6.83. The summed E-state index contributed by atoms with van der Waals surface area (Å²) in [6.45, 7) is 4.22. The maximum Gasteiger partial charge on any atom is 0.331 e. The Morgan fingerprint density at radius 3 is 2.70 bits per heavy atom. The van der Waals surface area contributed by atoms with E-state index in [1.54, 1.807) is 12.1 Å². The number of carboxylic acid groups (broad SMARTS) is 1. The van der Waals surface area contributed by atoms with Gasteiger partial charge in [0.05, 0.1) is 12.2 Å². The van der Waals surface area contributed by atoms with Gasteiger partial charge >= 0.3 is 5.97 Å². The first-order valence-corrected chi connectivity index (χ1v) is 10.4. The molecule has 1 spiro atoms. The van der Waals surface area contributed by atoms with Crippen LogP contribution in [0.25, 0.3) is 0 Å². The predicted octanol–water partition coefficient (Wildman–Crippen LogP) is -2.78. The number of nitrogens with two attached hydrogens (primary N) is 2. The Bertz CT molecular complexity index is 1130. The van der Waals surface area contributed by atoms with Gasteiger partial charge in [-0.15, -0.1) is 0 Å². The third-order valence-corrected chi connectivity index (χ3v) is 6.83. The Balaban J connectivity index is 1.50. The smallest absolute Gasteiger partial charge is 0.331 e. The average molecular weight is 459 g/mol. The van der Waals surface area contributed by atoms with Crippen LogP contribution in [0.4, 0.5) is 0 Å². The number of para-hydroxylation sites is 1. The van der Waals surface area contributed by atoms with Gasteiger partial charge in [-0.1, -0.05) is 26.0 Å². The molecule has 4 aliphatic rings. The summed E-state index contributed by atoms with van der Waals surface area (Å²) in [5.74, 6) is -4.67. The van der Waals surface area contributed by atoms with Crippen LogP contribution in [0.15, 0.2) is 28.2 Å². The zero-order valence-electron chi connectivity index (χ0n) is 17.9. The van der Waals surface area contributed by atoms with Crippen molar-refractivity contribution in [1.29, 1.82) is 0 Å². The van der Waals surface area contributed by atoms with Crippen molar-refractivity contribution in [1.82, 2.24) is 15.5 Å². The first-order chi connectivity index (χ1) is 15.4.